The van der Waals surface area contributed by atoms with Gasteiger partial charge in [0.2, 0.25) is 0 Å². The summed E-state index contributed by atoms with van der Waals surface area (Å²) in [6.07, 6.45) is 2.18. The van der Waals surface area contributed by atoms with Crippen LogP contribution in [-0.2, 0) is 6.42 Å². The average Bonchev–Trinajstić information content (AvgIpc) is 3.20. The van der Waals surface area contributed by atoms with Crippen LogP contribution in [0.2, 0.25) is 0 Å². The van der Waals surface area contributed by atoms with Gasteiger partial charge in [-0.1, -0.05) is 11.2 Å². The van der Waals surface area contributed by atoms with E-state index in [1.165, 1.54) is 18.2 Å². The first-order valence-corrected chi connectivity index (χ1v) is 7.25. The third-order valence-electron chi connectivity index (χ3n) is 3.69. The Morgan fingerprint density at radius 1 is 1.41 bits per heavy atom. The van der Waals surface area contributed by atoms with Gasteiger partial charge in [-0.2, -0.15) is 0 Å². The van der Waals surface area contributed by atoms with Gasteiger partial charge in [-0.15, -0.1) is 0 Å². The lowest BCUT2D eigenvalue weighted by Gasteiger charge is -2.13. The molecule has 1 heterocycles. The molecule has 1 N–H and O–H groups in total. The first-order valence-electron chi connectivity index (χ1n) is 7.25. The first-order chi connectivity index (χ1) is 10.5. The Morgan fingerprint density at radius 2 is 2.09 bits per heavy atom. The van der Waals surface area contributed by atoms with Crippen molar-refractivity contribution in [3.63, 3.8) is 0 Å². The van der Waals surface area contributed by atoms with Crippen molar-refractivity contribution in [2.45, 2.75) is 38.1 Å². The zero-order chi connectivity index (χ0) is 15.7. The summed E-state index contributed by atoms with van der Waals surface area (Å²) in [4.78, 5) is 12.1. The van der Waals surface area contributed by atoms with Crippen molar-refractivity contribution in [2.24, 2.45) is 0 Å². The smallest absolute Gasteiger partial charge is 0.273 e. The van der Waals surface area contributed by atoms with E-state index in [2.05, 4.69) is 10.5 Å². The average molecular weight is 306 g/mol. The third-order valence-corrected chi connectivity index (χ3v) is 3.69. The highest BCUT2D eigenvalue weighted by atomic mass is 19.1. The molecular weight excluding hydrogens is 290 g/mol. The summed E-state index contributed by atoms with van der Waals surface area (Å²) in [7, 11) is 0. The first kappa shape index (κ1) is 14.7. The molecule has 0 saturated heterocycles. The summed E-state index contributed by atoms with van der Waals surface area (Å²) in [5.41, 5.74) is 0.164. The predicted octanol–water partition coefficient (Wildman–Crippen LogP) is 3.19. The van der Waals surface area contributed by atoms with E-state index in [0.29, 0.717) is 5.92 Å². The fraction of sp³-hybridized carbons (Fsp3) is 0.375. The number of carbonyl (C=O) groups excluding carboxylic acids is 1. The van der Waals surface area contributed by atoms with E-state index in [1.807, 2.05) is 0 Å². The molecule has 1 saturated carbocycles. The van der Waals surface area contributed by atoms with E-state index in [-0.39, 0.29) is 17.7 Å². The maximum absolute atomic E-state index is 13.6. The number of nitrogens with one attached hydrogen (secondary N) is 1. The molecule has 1 aromatic carbocycles. The topological polar surface area (TPSA) is 55.1 Å². The number of hydrogen-bond donors (Lipinski definition) is 1. The largest absolute Gasteiger partial charge is 0.360 e. The van der Waals surface area contributed by atoms with Crippen LogP contribution in [0.5, 0.6) is 0 Å². The van der Waals surface area contributed by atoms with Gasteiger partial charge < -0.3 is 9.84 Å². The SMILES string of the molecule is CC(Cc1c(F)cccc1F)NC(=O)c1cc(C2CC2)on1. The van der Waals surface area contributed by atoms with E-state index in [1.54, 1.807) is 13.0 Å². The van der Waals surface area contributed by atoms with Crippen molar-refractivity contribution in [3.05, 3.63) is 52.9 Å². The molecule has 0 radical (unpaired) electrons. The number of amides is 1. The number of halogens is 2. The second-order valence-electron chi connectivity index (χ2n) is 5.67. The van der Waals surface area contributed by atoms with Crippen LogP contribution in [0.1, 0.15) is 47.5 Å². The van der Waals surface area contributed by atoms with Crippen molar-refractivity contribution in [3.8, 4) is 0 Å². The maximum Gasteiger partial charge on any atom is 0.273 e. The molecule has 116 valence electrons. The Kier molecular flexibility index (Phi) is 3.92. The third kappa shape index (κ3) is 3.16. The molecule has 1 amide bonds. The lowest BCUT2D eigenvalue weighted by Crippen LogP contribution is -2.34. The van der Waals surface area contributed by atoms with Crippen molar-refractivity contribution in [1.29, 1.82) is 0 Å². The molecule has 1 aliphatic carbocycles. The van der Waals surface area contributed by atoms with Crippen LogP contribution < -0.4 is 5.32 Å². The second kappa shape index (κ2) is 5.87. The van der Waals surface area contributed by atoms with Crippen molar-refractivity contribution in [2.75, 3.05) is 0 Å². The van der Waals surface area contributed by atoms with E-state index < -0.39 is 23.6 Å². The van der Waals surface area contributed by atoms with Gasteiger partial charge in [-0.25, -0.2) is 8.78 Å². The van der Waals surface area contributed by atoms with Gasteiger partial charge in [0, 0.05) is 23.6 Å². The van der Waals surface area contributed by atoms with Gasteiger partial charge in [0.05, 0.1) is 0 Å². The molecule has 1 atom stereocenters. The minimum absolute atomic E-state index is 0.0332. The number of aromatic nitrogens is 1. The lowest BCUT2D eigenvalue weighted by atomic mass is 10.1. The molecule has 1 fully saturated rings. The molecular formula is C16H16F2N2O2. The summed E-state index contributed by atoms with van der Waals surface area (Å²) in [6.45, 7) is 1.69. The van der Waals surface area contributed by atoms with E-state index in [0.717, 1.165) is 18.6 Å². The zero-order valence-electron chi connectivity index (χ0n) is 12.1. The summed E-state index contributed by atoms with van der Waals surface area (Å²) in [6, 6.07) is 4.91. The molecule has 0 aliphatic heterocycles. The van der Waals surface area contributed by atoms with Crippen molar-refractivity contribution in [1.82, 2.24) is 10.5 Å². The maximum atomic E-state index is 13.6. The number of hydrogen-bond acceptors (Lipinski definition) is 3. The molecule has 0 spiro atoms. The molecule has 6 heteroatoms. The standard InChI is InChI=1S/C16H16F2N2O2/c1-9(7-11-12(17)3-2-4-13(11)18)19-16(21)14-8-15(22-20-14)10-5-6-10/h2-4,8-10H,5-7H2,1H3,(H,19,21). The molecule has 1 aliphatic rings. The molecule has 4 nitrogen and oxygen atoms in total. The molecule has 1 aromatic heterocycles. The van der Waals surface area contributed by atoms with Crippen LogP contribution >= 0.6 is 0 Å². The Labute approximate surface area is 126 Å². The summed E-state index contributed by atoms with van der Waals surface area (Å²) in [5.74, 6) is -0.533. The van der Waals surface area contributed by atoms with Gasteiger partial charge in [0.1, 0.15) is 17.4 Å². The Balaban J connectivity index is 1.63. The van der Waals surface area contributed by atoms with Gasteiger partial charge in [-0.3, -0.25) is 4.79 Å². The quantitative estimate of drug-likeness (QED) is 0.923. The van der Waals surface area contributed by atoms with Crippen LogP contribution in [0.25, 0.3) is 0 Å². The van der Waals surface area contributed by atoms with Crippen LogP contribution in [0, 0.1) is 11.6 Å². The predicted molar refractivity (Wildman–Crippen MR) is 75.5 cm³/mol. The van der Waals surface area contributed by atoms with E-state index in [4.69, 9.17) is 4.52 Å². The molecule has 3 rings (SSSR count). The molecule has 1 unspecified atom stereocenters. The van der Waals surface area contributed by atoms with Crippen molar-refractivity contribution < 1.29 is 18.1 Å². The monoisotopic (exact) mass is 306 g/mol. The highest BCUT2D eigenvalue weighted by molar-refractivity contribution is 5.92. The molecule has 2 aromatic rings. The fourth-order valence-electron chi connectivity index (χ4n) is 2.34. The highest BCUT2D eigenvalue weighted by Gasteiger charge is 2.29. The Hall–Kier alpha value is -2.24. The van der Waals surface area contributed by atoms with Crippen LogP contribution in [-0.4, -0.2) is 17.1 Å². The van der Waals surface area contributed by atoms with Crippen molar-refractivity contribution >= 4 is 5.91 Å². The second-order valence-corrected chi connectivity index (χ2v) is 5.67. The van der Waals surface area contributed by atoms with Crippen LogP contribution in [0.3, 0.4) is 0 Å². The van der Waals surface area contributed by atoms with Gasteiger partial charge in [-0.05, 0) is 38.3 Å². The minimum atomic E-state index is -0.612. The summed E-state index contributed by atoms with van der Waals surface area (Å²) >= 11 is 0. The normalized spacial score (nSPS) is 15.6. The molecule has 0 bridgehead atoms. The zero-order valence-corrected chi connectivity index (χ0v) is 12.1. The van der Waals surface area contributed by atoms with E-state index >= 15 is 0 Å². The lowest BCUT2D eigenvalue weighted by molar-refractivity contribution is 0.0930. The number of nitrogens with zero attached hydrogens (tertiary/aromatic N) is 1. The Morgan fingerprint density at radius 3 is 2.73 bits per heavy atom. The molecule has 22 heavy (non-hydrogen) atoms. The van der Waals surface area contributed by atoms with E-state index in [9.17, 15) is 13.6 Å². The number of carbonyl (C=O) groups is 1. The minimum Gasteiger partial charge on any atom is -0.360 e. The van der Waals surface area contributed by atoms with Gasteiger partial charge in [0.25, 0.3) is 5.91 Å². The summed E-state index contributed by atoms with van der Waals surface area (Å²) in [5, 5.41) is 6.41. The highest BCUT2D eigenvalue weighted by Crippen LogP contribution is 2.40. The van der Waals surface area contributed by atoms with Gasteiger partial charge >= 0.3 is 0 Å². The number of benzene rings is 1. The van der Waals surface area contributed by atoms with Crippen LogP contribution in [0.15, 0.2) is 28.8 Å². The van der Waals surface area contributed by atoms with Crippen LogP contribution in [0.4, 0.5) is 8.78 Å². The Bertz CT molecular complexity index is 675. The fourth-order valence-corrected chi connectivity index (χ4v) is 2.34. The number of rotatable bonds is 5. The van der Waals surface area contributed by atoms with Gasteiger partial charge in [0.15, 0.2) is 5.69 Å². The summed E-state index contributed by atoms with van der Waals surface area (Å²) < 4.78 is 32.3.